The number of benzene rings is 1. The van der Waals surface area contributed by atoms with Crippen molar-refractivity contribution in [2.75, 3.05) is 17.2 Å². The molecule has 2 N–H and O–H groups in total. The Morgan fingerprint density at radius 2 is 2.05 bits per heavy atom. The average molecular weight is 252 g/mol. The third-order valence-corrected chi connectivity index (χ3v) is 3.00. The Balaban J connectivity index is 2.20. The number of aromatic nitrogens is 1. The maximum absolute atomic E-state index is 8.78. The lowest BCUT2D eigenvalue weighted by molar-refractivity contribution is 0.815. The van der Waals surface area contributed by atoms with Gasteiger partial charge in [-0.15, -0.1) is 0 Å². The van der Waals surface area contributed by atoms with Crippen molar-refractivity contribution >= 4 is 11.5 Å². The minimum absolute atomic E-state index is 0.569. The fourth-order valence-electron chi connectivity index (χ4n) is 1.88. The highest BCUT2D eigenvalue weighted by Crippen LogP contribution is 2.18. The molecule has 0 spiro atoms. The normalized spacial score (nSPS) is 9.89. The summed E-state index contributed by atoms with van der Waals surface area (Å²) in [4.78, 5) is 6.43. The van der Waals surface area contributed by atoms with E-state index < -0.39 is 0 Å². The molecular formula is C15H16N4. The largest absolute Gasteiger partial charge is 0.398 e. The molecule has 0 aliphatic carbocycles. The molecule has 0 bridgehead atoms. The van der Waals surface area contributed by atoms with E-state index in [4.69, 9.17) is 11.0 Å². The van der Waals surface area contributed by atoms with Crippen LogP contribution in [-0.4, -0.2) is 11.5 Å². The highest BCUT2D eigenvalue weighted by molar-refractivity contribution is 5.50. The number of hydrogen-bond donors (Lipinski definition) is 1. The van der Waals surface area contributed by atoms with E-state index in [2.05, 4.69) is 22.9 Å². The fourth-order valence-corrected chi connectivity index (χ4v) is 1.88. The van der Waals surface area contributed by atoms with Gasteiger partial charge in [-0.1, -0.05) is 18.2 Å². The number of nitriles is 1. The maximum Gasteiger partial charge on any atom is 0.128 e. The van der Waals surface area contributed by atoms with E-state index in [0.29, 0.717) is 12.1 Å². The molecule has 0 unspecified atom stereocenters. The molecule has 0 saturated carbocycles. The van der Waals surface area contributed by atoms with E-state index >= 15 is 0 Å². The molecule has 1 heterocycles. The number of pyridine rings is 1. The van der Waals surface area contributed by atoms with Gasteiger partial charge in [-0.2, -0.15) is 5.26 Å². The van der Waals surface area contributed by atoms with Crippen molar-refractivity contribution in [3.8, 4) is 6.07 Å². The van der Waals surface area contributed by atoms with Crippen molar-refractivity contribution < 1.29 is 0 Å². The predicted octanol–water partition coefficient (Wildman–Crippen LogP) is 2.56. The fraction of sp³-hybridized carbons (Fsp3) is 0.200. The van der Waals surface area contributed by atoms with Crippen LogP contribution in [0, 0.1) is 11.3 Å². The Hall–Kier alpha value is -2.54. The van der Waals surface area contributed by atoms with Crippen LogP contribution in [0.5, 0.6) is 0 Å². The van der Waals surface area contributed by atoms with Crippen molar-refractivity contribution in [2.45, 2.75) is 13.5 Å². The summed E-state index contributed by atoms with van der Waals surface area (Å²) in [6, 6.07) is 13.5. The van der Waals surface area contributed by atoms with E-state index in [1.54, 1.807) is 12.3 Å². The van der Waals surface area contributed by atoms with Gasteiger partial charge in [0.15, 0.2) is 0 Å². The van der Waals surface area contributed by atoms with E-state index in [9.17, 15) is 0 Å². The molecule has 1 aromatic heterocycles. The topological polar surface area (TPSA) is 65.9 Å². The summed E-state index contributed by atoms with van der Waals surface area (Å²) >= 11 is 0. The van der Waals surface area contributed by atoms with Crippen LogP contribution in [0.25, 0.3) is 0 Å². The monoisotopic (exact) mass is 252 g/mol. The molecule has 0 saturated heterocycles. The Morgan fingerprint density at radius 1 is 1.26 bits per heavy atom. The van der Waals surface area contributed by atoms with Gasteiger partial charge in [0.2, 0.25) is 0 Å². The second kappa shape index (κ2) is 5.87. The Kier molecular flexibility index (Phi) is 3.99. The summed E-state index contributed by atoms with van der Waals surface area (Å²) in [6.07, 6.45) is 1.59. The van der Waals surface area contributed by atoms with Gasteiger partial charge in [0.05, 0.1) is 5.56 Å². The molecule has 0 aliphatic heterocycles. The lowest BCUT2D eigenvalue weighted by Crippen LogP contribution is -2.23. The number of nitrogen functional groups attached to an aromatic ring is 1. The van der Waals surface area contributed by atoms with Crippen LogP contribution in [0.3, 0.4) is 0 Å². The molecule has 0 aliphatic rings. The molecular weight excluding hydrogens is 236 g/mol. The van der Waals surface area contributed by atoms with Gasteiger partial charge >= 0.3 is 0 Å². The highest BCUT2D eigenvalue weighted by Gasteiger charge is 2.08. The summed E-state index contributed by atoms with van der Waals surface area (Å²) in [5, 5.41) is 8.78. The quantitative estimate of drug-likeness (QED) is 0.849. The molecule has 0 amide bonds. The van der Waals surface area contributed by atoms with Gasteiger partial charge < -0.3 is 10.6 Å². The van der Waals surface area contributed by atoms with Crippen LogP contribution < -0.4 is 10.6 Å². The van der Waals surface area contributed by atoms with Gasteiger partial charge in [-0.05, 0) is 30.7 Å². The molecule has 4 nitrogen and oxygen atoms in total. The summed E-state index contributed by atoms with van der Waals surface area (Å²) in [7, 11) is 0. The number of nitrogens with two attached hydrogens (primary N) is 1. The molecule has 4 heteroatoms. The predicted molar refractivity (Wildman–Crippen MR) is 76.5 cm³/mol. The van der Waals surface area contributed by atoms with Crippen LogP contribution in [0.4, 0.5) is 11.5 Å². The first-order valence-electron chi connectivity index (χ1n) is 6.19. The third kappa shape index (κ3) is 3.02. The van der Waals surface area contributed by atoms with E-state index in [0.717, 1.165) is 23.6 Å². The van der Waals surface area contributed by atoms with Crippen molar-refractivity contribution in [3.63, 3.8) is 0 Å². The van der Waals surface area contributed by atoms with E-state index in [1.807, 2.05) is 30.3 Å². The molecule has 0 fully saturated rings. The lowest BCUT2D eigenvalue weighted by atomic mass is 10.1. The zero-order valence-electron chi connectivity index (χ0n) is 10.9. The van der Waals surface area contributed by atoms with Gasteiger partial charge in [0.25, 0.3) is 0 Å². The van der Waals surface area contributed by atoms with Gasteiger partial charge in [-0.25, -0.2) is 4.98 Å². The van der Waals surface area contributed by atoms with Gasteiger partial charge in [0.1, 0.15) is 11.9 Å². The molecule has 19 heavy (non-hydrogen) atoms. The second-order valence-corrected chi connectivity index (χ2v) is 4.23. The SMILES string of the molecule is CCN(Cc1ccccc1N)c1ccc(C#N)cn1. The first kappa shape index (κ1) is 12.9. The van der Waals surface area contributed by atoms with Crippen molar-refractivity contribution in [3.05, 3.63) is 53.7 Å². The molecule has 96 valence electrons. The van der Waals surface area contributed by atoms with Crippen LogP contribution in [0.2, 0.25) is 0 Å². The number of para-hydroxylation sites is 1. The maximum atomic E-state index is 8.78. The summed E-state index contributed by atoms with van der Waals surface area (Å²) in [5.74, 6) is 0.852. The smallest absolute Gasteiger partial charge is 0.128 e. The van der Waals surface area contributed by atoms with E-state index in [1.165, 1.54) is 0 Å². The first-order valence-corrected chi connectivity index (χ1v) is 6.19. The molecule has 1 aromatic carbocycles. The molecule has 2 rings (SSSR count). The van der Waals surface area contributed by atoms with Gasteiger partial charge in [-0.3, -0.25) is 0 Å². The Labute approximate surface area is 113 Å². The van der Waals surface area contributed by atoms with Gasteiger partial charge in [0, 0.05) is 25.0 Å². The summed E-state index contributed by atoms with van der Waals surface area (Å²) in [6.45, 7) is 3.61. The molecule has 2 aromatic rings. The molecule has 0 radical (unpaired) electrons. The number of anilines is 2. The minimum Gasteiger partial charge on any atom is -0.398 e. The van der Waals surface area contributed by atoms with Crippen molar-refractivity contribution in [1.82, 2.24) is 4.98 Å². The zero-order valence-corrected chi connectivity index (χ0v) is 10.9. The van der Waals surface area contributed by atoms with E-state index in [-0.39, 0.29) is 0 Å². The summed E-state index contributed by atoms with van der Waals surface area (Å²) in [5.41, 5.74) is 8.39. The highest BCUT2D eigenvalue weighted by atomic mass is 15.2. The standard InChI is InChI=1S/C15H16N4/c1-2-19(11-13-5-3-4-6-14(13)17)15-8-7-12(9-16)10-18-15/h3-8,10H,2,11,17H2,1H3. The number of nitrogens with zero attached hydrogens (tertiary/aromatic N) is 3. The van der Waals surface area contributed by atoms with Crippen LogP contribution in [-0.2, 0) is 6.54 Å². The lowest BCUT2D eigenvalue weighted by Gasteiger charge is -2.22. The van der Waals surface area contributed by atoms with Crippen LogP contribution >= 0.6 is 0 Å². The number of hydrogen-bond acceptors (Lipinski definition) is 4. The van der Waals surface area contributed by atoms with Crippen molar-refractivity contribution in [2.24, 2.45) is 0 Å². The minimum atomic E-state index is 0.569. The molecule has 0 atom stereocenters. The third-order valence-electron chi connectivity index (χ3n) is 3.00. The Morgan fingerprint density at radius 3 is 2.63 bits per heavy atom. The van der Waals surface area contributed by atoms with Crippen molar-refractivity contribution in [1.29, 1.82) is 5.26 Å². The van der Waals surface area contributed by atoms with Crippen LogP contribution in [0.1, 0.15) is 18.1 Å². The zero-order chi connectivity index (χ0) is 13.7. The second-order valence-electron chi connectivity index (χ2n) is 4.23. The summed E-state index contributed by atoms with van der Waals surface area (Å²) < 4.78 is 0. The average Bonchev–Trinajstić information content (AvgIpc) is 2.47. The number of rotatable bonds is 4. The first-order chi connectivity index (χ1) is 9.24. The Bertz CT molecular complexity index is 584. The van der Waals surface area contributed by atoms with Crippen LogP contribution in [0.15, 0.2) is 42.6 Å².